The Balaban J connectivity index is 2.61. The fourth-order valence-corrected chi connectivity index (χ4v) is 1.80. The maximum Gasteiger partial charge on any atom is 0.131 e. The van der Waals surface area contributed by atoms with Crippen LogP contribution in [0.15, 0.2) is 6.20 Å². The largest absolute Gasteiger partial charge is 0.383 e. The fourth-order valence-electron chi connectivity index (χ4n) is 1.80. The molecule has 2 rings (SSSR count). The maximum atomic E-state index is 6.05. The van der Waals surface area contributed by atoms with Crippen molar-refractivity contribution >= 4 is 5.82 Å². The second-order valence-electron chi connectivity index (χ2n) is 3.94. The molecular formula is C11H17N5. The summed E-state index contributed by atoms with van der Waals surface area (Å²) >= 11 is 0. The Labute approximate surface area is 94.9 Å². The van der Waals surface area contributed by atoms with Crippen LogP contribution in [-0.2, 0) is 20.5 Å². The van der Waals surface area contributed by atoms with Gasteiger partial charge in [0.2, 0.25) is 0 Å². The third kappa shape index (κ3) is 1.39. The zero-order valence-electron chi connectivity index (χ0n) is 10.2. The molecule has 0 unspecified atom stereocenters. The molecule has 0 bridgehead atoms. The van der Waals surface area contributed by atoms with Crippen LogP contribution < -0.4 is 5.73 Å². The van der Waals surface area contributed by atoms with Gasteiger partial charge in [0.05, 0.1) is 6.20 Å². The van der Waals surface area contributed by atoms with Crippen molar-refractivity contribution in [3.05, 3.63) is 17.7 Å². The molecule has 0 aliphatic carbocycles. The number of nitrogens with zero attached hydrogens (tertiary/aromatic N) is 4. The van der Waals surface area contributed by atoms with Crippen molar-refractivity contribution in [1.82, 2.24) is 19.3 Å². The molecule has 0 aliphatic heterocycles. The van der Waals surface area contributed by atoms with E-state index in [0.29, 0.717) is 5.82 Å². The molecule has 0 amide bonds. The maximum absolute atomic E-state index is 6.05. The molecule has 2 aromatic rings. The summed E-state index contributed by atoms with van der Waals surface area (Å²) in [4.78, 5) is 4.56. The standard InChI is InChI=1S/C11H17N5/c1-5-9-14-10(11(12)15(9)3)8-6-13-16(4)7(8)2/h6H,5,12H2,1-4H3. The number of nitrogens with two attached hydrogens (primary N) is 1. The molecule has 0 spiro atoms. The molecule has 2 aromatic heterocycles. The molecule has 16 heavy (non-hydrogen) atoms. The summed E-state index contributed by atoms with van der Waals surface area (Å²) in [6, 6.07) is 0. The van der Waals surface area contributed by atoms with E-state index in [1.807, 2.05) is 36.5 Å². The molecule has 2 heterocycles. The Morgan fingerprint density at radius 2 is 2.06 bits per heavy atom. The van der Waals surface area contributed by atoms with Crippen LogP contribution in [0.5, 0.6) is 0 Å². The van der Waals surface area contributed by atoms with Crippen LogP contribution in [0.1, 0.15) is 18.4 Å². The van der Waals surface area contributed by atoms with Crippen molar-refractivity contribution in [3.8, 4) is 11.3 Å². The summed E-state index contributed by atoms with van der Waals surface area (Å²) in [6.07, 6.45) is 2.69. The molecule has 0 aliphatic rings. The van der Waals surface area contributed by atoms with Gasteiger partial charge in [0.25, 0.3) is 0 Å². The smallest absolute Gasteiger partial charge is 0.131 e. The van der Waals surface area contributed by atoms with Crippen molar-refractivity contribution in [2.75, 3.05) is 5.73 Å². The van der Waals surface area contributed by atoms with E-state index in [9.17, 15) is 0 Å². The average molecular weight is 219 g/mol. The van der Waals surface area contributed by atoms with Crippen molar-refractivity contribution in [2.45, 2.75) is 20.3 Å². The summed E-state index contributed by atoms with van der Waals surface area (Å²) < 4.78 is 3.76. The van der Waals surface area contributed by atoms with Crippen LogP contribution in [0.3, 0.4) is 0 Å². The van der Waals surface area contributed by atoms with Gasteiger partial charge in [0.15, 0.2) is 0 Å². The molecule has 0 saturated heterocycles. The number of nitrogen functional groups attached to an aromatic ring is 1. The molecular weight excluding hydrogens is 202 g/mol. The van der Waals surface area contributed by atoms with Crippen molar-refractivity contribution < 1.29 is 0 Å². The predicted octanol–water partition coefficient (Wildman–Crippen LogP) is 1.27. The molecule has 0 fully saturated rings. The number of anilines is 1. The van der Waals surface area contributed by atoms with Crippen LogP contribution in [0.2, 0.25) is 0 Å². The Kier molecular flexibility index (Phi) is 2.46. The van der Waals surface area contributed by atoms with Crippen molar-refractivity contribution in [1.29, 1.82) is 0 Å². The lowest BCUT2D eigenvalue weighted by atomic mass is 10.2. The van der Waals surface area contributed by atoms with Gasteiger partial charge in [-0.1, -0.05) is 6.92 Å². The topological polar surface area (TPSA) is 61.7 Å². The number of rotatable bonds is 2. The number of hydrogen-bond donors (Lipinski definition) is 1. The Hall–Kier alpha value is -1.78. The molecule has 86 valence electrons. The summed E-state index contributed by atoms with van der Waals surface area (Å²) in [5.74, 6) is 1.70. The molecule has 5 heteroatoms. The SMILES string of the molecule is CCc1nc(-c2cnn(C)c2C)c(N)n1C. The molecule has 0 aromatic carbocycles. The first-order chi connectivity index (χ1) is 7.56. The second-order valence-corrected chi connectivity index (χ2v) is 3.94. The van der Waals surface area contributed by atoms with Gasteiger partial charge in [0, 0.05) is 31.8 Å². The summed E-state index contributed by atoms with van der Waals surface area (Å²) in [5.41, 5.74) is 8.98. The lowest BCUT2D eigenvalue weighted by Gasteiger charge is -2.00. The molecule has 0 atom stereocenters. The van der Waals surface area contributed by atoms with Crippen LogP contribution >= 0.6 is 0 Å². The van der Waals surface area contributed by atoms with E-state index in [-0.39, 0.29) is 0 Å². The number of aryl methyl sites for hydroxylation is 2. The highest BCUT2D eigenvalue weighted by atomic mass is 15.3. The summed E-state index contributed by atoms with van der Waals surface area (Å²) in [7, 11) is 3.86. The molecule has 5 nitrogen and oxygen atoms in total. The van der Waals surface area contributed by atoms with E-state index < -0.39 is 0 Å². The third-order valence-corrected chi connectivity index (χ3v) is 3.04. The van der Waals surface area contributed by atoms with E-state index in [2.05, 4.69) is 17.0 Å². The first kappa shape index (κ1) is 10.7. The van der Waals surface area contributed by atoms with Crippen molar-refractivity contribution in [3.63, 3.8) is 0 Å². The normalized spacial score (nSPS) is 11.0. The highest BCUT2D eigenvalue weighted by molar-refractivity contribution is 5.72. The van der Waals surface area contributed by atoms with E-state index in [4.69, 9.17) is 5.73 Å². The van der Waals surface area contributed by atoms with E-state index in [1.54, 1.807) is 0 Å². The van der Waals surface area contributed by atoms with Gasteiger partial charge in [0.1, 0.15) is 17.3 Å². The third-order valence-electron chi connectivity index (χ3n) is 3.04. The summed E-state index contributed by atoms with van der Waals surface area (Å²) in [5, 5.41) is 4.21. The van der Waals surface area contributed by atoms with Crippen molar-refractivity contribution in [2.24, 2.45) is 14.1 Å². The van der Waals surface area contributed by atoms with Gasteiger partial charge in [-0.25, -0.2) is 4.98 Å². The van der Waals surface area contributed by atoms with E-state index in [1.165, 1.54) is 0 Å². The van der Waals surface area contributed by atoms with Gasteiger partial charge >= 0.3 is 0 Å². The second kappa shape index (κ2) is 3.66. The van der Waals surface area contributed by atoms with Gasteiger partial charge in [-0.15, -0.1) is 0 Å². The highest BCUT2D eigenvalue weighted by Gasteiger charge is 2.16. The first-order valence-corrected chi connectivity index (χ1v) is 5.36. The quantitative estimate of drug-likeness (QED) is 0.827. The Morgan fingerprint density at radius 3 is 2.50 bits per heavy atom. The van der Waals surface area contributed by atoms with Crippen LogP contribution in [-0.4, -0.2) is 19.3 Å². The number of imidazole rings is 1. The minimum Gasteiger partial charge on any atom is -0.383 e. The number of aromatic nitrogens is 4. The summed E-state index contributed by atoms with van der Waals surface area (Å²) in [6.45, 7) is 4.09. The van der Waals surface area contributed by atoms with Gasteiger partial charge in [-0.3, -0.25) is 4.68 Å². The first-order valence-electron chi connectivity index (χ1n) is 5.36. The lowest BCUT2D eigenvalue weighted by molar-refractivity contribution is 0.740. The minimum atomic E-state index is 0.702. The number of hydrogen-bond acceptors (Lipinski definition) is 3. The molecule has 0 radical (unpaired) electrons. The van der Waals surface area contributed by atoms with Gasteiger partial charge in [-0.2, -0.15) is 5.10 Å². The Morgan fingerprint density at radius 1 is 1.38 bits per heavy atom. The lowest BCUT2D eigenvalue weighted by Crippen LogP contribution is -2.00. The van der Waals surface area contributed by atoms with Gasteiger partial charge < -0.3 is 10.3 Å². The highest BCUT2D eigenvalue weighted by Crippen LogP contribution is 2.27. The van der Waals surface area contributed by atoms with Gasteiger partial charge in [-0.05, 0) is 6.92 Å². The van der Waals surface area contributed by atoms with Crippen LogP contribution in [0.4, 0.5) is 5.82 Å². The Bertz CT molecular complexity index is 521. The zero-order valence-corrected chi connectivity index (χ0v) is 10.2. The average Bonchev–Trinajstić information content (AvgIpc) is 2.73. The fraction of sp³-hybridized carbons (Fsp3) is 0.455. The molecule has 0 saturated carbocycles. The zero-order chi connectivity index (χ0) is 11.9. The van der Waals surface area contributed by atoms with E-state index in [0.717, 1.165) is 29.2 Å². The van der Waals surface area contributed by atoms with Crippen LogP contribution in [0, 0.1) is 6.92 Å². The molecule has 2 N–H and O–H groups in total. The monoisotopic (exact) mass is 219 g/mol. The minimum absolute atomic E-state index is 0.702. The van der Waals surface area contributed by atoms with Crippen LogP contribution in [0.25, 0.3) is 11.3 Å². The predicted molar refractivity (Wildman–Crippen MR) is 63.9 cm³/mol. The van der Waals surface area contributed by atoms with E-state index >= 15 is 0 Å².